The van der Waals surface area contributed by atoms with Gasteiger partial charge in [0.05, 0.1) is 24.3 Å². The molecule has 2 nitrogen and oxygen atoms in total. The van der Waals surface area contributed by atoms with E-state index in [-0.39, 0.29) is 0 Å². The number of benzene rings is 1. The summed E-state index contributed by atoms with van der Waals surface area (Å²) in [6.07, 6.45) is 5.40. The Labute approximate surface area is 103 Å². The Kier molecular flexibility index (Phi) is 4.17. The first-order valence-corrected chi connectivity index (χ1v) is 6.38. The van der Waals surface area contributed by atoms with E-state index in [1.165, 1.54) is 25.7 Å². The predicted octanol–water partition coefficient (Wildman–Crippen LogP) is 3.65. The van der Waals surface area contributed by atoms with Crippen LogP contribution in [0.1, 0.15) is 43.7 Å². The summed E-state index contributed by atoms with van der Waals surface area (Å²) in [5.74, 6) is 0.866. The average molecular weight is 229 g/mol. The highest BCUT2D eigenvalue weighted by atomic mass is 16.5. The Balaban J connectivity index is 1.79. The lowest BCUT2D eigenvalue weighted by Gasteiger charge is -2.26. The van der Waals surface area contributed by atoms with Gasteiger partial charge in [0, 0.05) is 0 Å². The van der Waals surface area contributed by atoms with Crippen molar-refractivity contribution in [2.75, 3.05) is 0 Å². The van der Waals surface area contributed by atoms with E-state index in [0.717, 1.165) is 11.5 Å². The molecule has 0 atom stereocenters. The molecule has 0 saturated heterocycles. The first-order valence-electron chi connectivity index (χ1n) is 6.38. The first kappa shape index (κ1) is 12.1. The van der Waals surface area contributed by atoms with Crippen LogP contribution in [0.15, 0.2) is 24.3 Å². The standard InChI is InChI=1S/C15H19NO/c1-12-2-8-15(9-3-12)17-11-14-6-4-13(10-16)5-7-14/h4-7,12,15H,2-3,8-9,11H2,1H3. The minimum absolute atomic E-state index is 0.432. The fraction of sp³-hybridized carbons (Fsp3) is 0.533. The number of nitrogens with zero attached hydrogens (tertiary/aromatic N) is 1. The molecule has 0 heterocycles. The molecule has 2 heteroatoms. The number of rotatable bonds is 3. The molecule has 17 heavy (non-hydrogen) atoms. The van der Waals surface area contributed by atoms with Crippen molar-refractivity contribution in [3.63, 3.8) is 0 Å². The molecular formula is C15H19NO. The molecule has 0 amide bonds. The highest BCUT2D eigenvalue weighted by Crippen LogP contribution is 2.26. The Bertz CT molecular complexity index is 382. The third-order valence-electron chi connectivity index (χ3n) is 3.53. The van der Waals surface area contributed by atoms with E-state index in [0.29, 0.717) is 18.3 Å². The van der Waals surface area contributed by atoms with E-state index in [1.807, 2.05) is 24.3 Å². The smallest absolute Gasteiger partial charge is 0.0991 e. The van der Waals surface area contributed by atoms with Gasteiger partial charge in [-0.1, -0.05) is 19.1 Å². The summed E-state index contributed by atoms with van der Waals surface area (Å²) >= 11 is 0. The molecule has 1 aromatic rings. The fourth-order valence-corrected chi connectivity index (χ4v) is 2.29. The Morgan fingerprint density at radius 1 is 1.18 bits per heavy atom. The molecular weight excluding hydrogens is 210 g/mol. The first-order chi connectivity index (χ1) is 8.28. The van der Waals surface area contributed by atoms with Crippen molar-refractivity contribution in [1.82, 2.24) is 0 Å². The summed E-state index contributed by atoms with van der Waals surface area (Å²) in [5, 5.41) is 8.71. The van der Waals surface area contributed by atoms with E-state index < -0.39 is 0 Å². The zero-order valence-electron chi connectivity index (χ0n) is 10.4. The summed E-state index contributed by atoms with van der Waals surface area (Å²) in [5.41, 5.74) is 1.86. The SMILES string of the molecule is CC1CCC(OCc2ccc(C#N)cc2)CC1. The maximum Gasteiger partial charge on any atom is 0.0991 e. The number of nitriles is 1. The van der Waals surface area contributed by atoms with Crippen LogP contribution in [0.25, 0.3) is 0 Å². The second-order valence-electron chi connectivity index (χ2n) is 5.00. The molecule has 0 aliphatic heterocycles. The van der Waals surface area contributed by atoms with Crippen LogP contribution in [0, 0.1) is 17.2 Å². The molecule has 0 aromatic heterocycles. The van der Waals surface area contributed by atoms with Gasteiger partial charge >= 0.3 is 0 Å². The molecule has 0 N–H and O–H groups in total. The zero-order chi connectivity index (χ0) is 12.1. The van der Waals surface area contributed by atoms with Gasteiger partial charge in [-0.2, -0.15) is 5.26 Å². The summed E-state index contributed by atoms with van der Waals surface area (Å²) in [7, 11) is 0. The molecule has 90 valence electrons. The van der Waals surface area contributed by atoms with Crippen LogP contribution >= 0.6 is 0 Å². The topological polar surface area (TPSA) is 33.0 Å². The lowest BCUT2D eigenvalue weighted by molar-refractivity contribution is 0.00877. The molecule has 0 spiro atoms. The van der Waals surface area contributed by atoms with Crippen LogP contribution in [0.2, 0.25) is 0 Å². The van der Waals surface area contributed by atoms with Crippen LogP contribution < -0.4 is 0 Å². The average Bonchev–Trinajstić information content (AvgIpc) is 2.39. The van der Waals surface area contributed by atoms with Crippen LogP contribution in [-0.2, 0) is 11.3 Å². The quantitative estimate of drug-likeness (QED) is 0.792. The van der Waals surface area contributed by atoms with Gasteiger partial charge in [-0.3, -0.25) is 0 Å². The van der Waals surface area contributed by atoms with E-state index in [2.05, 4.69) is 13.0 Å². The van der Waals surface area contributed by atoms with Crippen LogP contribution in [0.5, 0.6) is 0 Å². The minimum Gasteiger partial charge on any atom is -0.374 e. The minimum atomic E-state index is 0.432. The third kappa shape index (κ3) is 3.57. The second-order valence-corrected chi connectivity index (χ2v) is 5.00. The summed E-state index contributed by atoms with van der Waals surface area (Å²) in [6.45, 7) is 2.99. The fourth-order valence-electron chi connectivity index (χ4n) is 2.29. The van der Waals surface area contributed by atoms with Gasteiger partial charge in [0.25, 0.3) is 0 Å². The molecule has 1 saturated carbocycles. The van der Waals surface area contributed by atoms with Crippen molar-refractivity contribution in [3.05, 3.63) is 35.4 Å². The Morgan fingerprint density at radius 3 is 2.41 bits per heavy atom. The monoisotopic (exact) mass is 229 g/mol. The number of hydrogen-bond donors (Lipinski definition) is 0. The van der Waals surface area contributed by atoms with Gasteiger partial charge in [-0.15, -0.1) is 0 Å². The van der Waals surface area contributed by atoms with Crippen molar-refractivity contribution in [2.24, 2.45) is 5.92 Å². The van der Waals surface area contributed by atoms with Crippen LogP contribution in [-0.4, -0.2) is 6.10 Å². The largest absolute Gasteiger partial charge is 0.374 e. The Hall–Kier alpha value is -1.33. The third-order valence-corrected chi connectivity index (χ3v) is 3.53. The molecule has 1 aliphatic rings. The summed E-state index contributed by atoms with van der Waals surface area (Å²) < 4.78 is 5.91. The van der Waals surface area contributed by atoms with Crippen molar-refractivity contribution in [3.8, 4) is 6.07 Å². The van der Waals surface area contributed by atoms with Gasteiger partial charge in [0.15, 0.2) is 0 Å². The van der Waals surface area contributed by atoms with E-state index in [4.69, 9.17) is 10.00 Å². The van der Waals surface area contributed by atoms with Crippen LogP contribution in [0.3, 0.4) is 0 Å². The van der Waals surface area contributed by atoms with Crippen molar-refractivity contribution in [1.29, 1.82) is 5.26 Å². The van der Waals surface area contributed by atoms with Crippen molar-refractivity contribution < 1.29 is 4.74 Å². The van der Waals surface area contributed by atoms with Crippen molar-refractivity contribution >= 4 is 0 Å². The van der Waals surface area contributed by atoms with Gasteiger partial charge in [-0.05, 0) is 49.3 Å². The van der Waals surface area contributed by atoms with Gasteiger partial charge in [0.1, 0.15) is 0 Å². The molecule has 1 aliphatic carbocycles. The Morgan fingerprint density at radius 2 is 1.82 bits per heavy atom. The maximum absolute atomic E-state index is 8.71. The predicted molar refractivity (Wildman–Crippen MR) is 67.4 cm³/mol. The number of ether oxygens (including phenoxy) is 1. The lowest BCUT2D eigenvalue weighted by atomic mass is 9.89. The highest BCUT2D eigenvalue weighted by Gasteiger charge is 2.18. The van der Waals surface area contributed by atoms with Crippen molar-refractivity contribution in [2.45, 2.75) is 45.3 Å². The number of hydrogen-bond acceptors (Lipinski definition) is 2. The van der Waals surface area contributed by atoms with Gasteiger partial charge in [-0.25, -0.2) is 0 Å². The van der Waals surface area contributed by atoms with Gasteiger partial charge < -0.3 is 4.74 Å². The summed E-state index contributed by atoms with van der Waals surface area (Å²) in [4.78, 5) is 0. The molecule has 2 rings (SSSR count). The molecule has 0 radical (unpaired) electrons. The maximum atomic E-state index is 8.71. The molecule has 1 aromatic carbocycles. The van der Waals surface area contributed by atoms with E-state index in [1.54, 1.807) is 0 Å². The highest BCUT2D eigenvalue weighted by molar-refractivity contribution is 5.31. The molecule has 0 unspecified atom stereocenters. The second kappa shape index (κ2) is 5.84. The zero-order valence-corrected chi connectivity index (χ0v) is 10.4. The molecule has 0 bridgehead atoms. The van der Waals surface area contributed by atoms with E-state index in [9.17, 15) is 0 Å². The van der Waals surface area contributed by atoms with Gasteiger partial charge in [0.2, 0.25) is 0 Å². The van der Waals surface area contributed by atoms with E-state index >= 15 is 0 Å². The molecule has 1 fully saturated rings. The normalized spacial score (nSPS) is 24.2. The van der Waals surface area contributed by atoms with Crippen LogP contribution in [0.4, 0.5) is 0 Å². The lowest BCUT2D eigenvalue weighted by Crippen LogP contribution is -2.20. The summed E-state index contributed by atoms with van der Waals surface area (Å²) in [6, 6.07) is 9.77.